The molecule has 0 heterocycles. The molecular weight excluding hydrogens is 347 g/mol. The highest BCUT2D eigenvalue weighted by molar-refractivity contribution is 9.10. The Kier molecular flexibility index (Phi) is 5.07. The third-order valence-electron chi connectivity index (χ3n) is 4.22. The van der Waals surface area contributed by atoms with Crippen molar-refractivity contribution in [2.75, 3.05) is 5.32 Å². The number of ether oxygens (including phenoxy) is 1. The van der Waals surface area contributed by atoms with Crippen LogP contribution in [-0.4, -0.2) is 12.4 Å². The number of alkyl halides is 3. The summed E-state index contributed by atoms with van der Waals surface area (Å²) in [6.45, 7) is 4.33. The van der Waals surface area contributed by atoms with Crippen molar-refractivity contribution in [2.24, 2.45) is 11.8 Å². The molecular formula is C15H19BrF3NO. The molecule has 21 heavy (non-hydrogen) atoms. The van der Waals surface area contributed by atoms with Gasteiger partial charge in [0.05, 0.1) is 5.69 Å². The molecule has 0 amide bonds. The van der Waals surface area contributed by atoms with Gasteiger partial charge in [-0.3, -0.25) is 0 Å². The van der Waals surface area contributed by atoms with Crippen LogP contribution in [-0.2, 0) is 0 Å². The molecule has 3 unspecified atom stereocenters. The Balaban J connectivity index is 2.19. The SMILES string of the molecule is CC1CCCC(Nc2ccc(Br)cc2OC(F)(F)F)C1C. The summed E-state index contributed by atoms with van der Waals surface area (Å²) in [6, 6.07) is 4.84. The second-order valence-corrected chi connectivity index (χ2v) is 6.62. The maximum Gasteiger partial charge on any atom is 0.573 e. The summed E-state index contributed by atoms with van der Waals surface area (Å²) in [5, 5.41) is 3.23. The molecule has 1 aliphatic rings. The van der Waals surface area contributed by atoms with E-state index in [2.05, 4.69) is 39.8 Å². The number of nitrogens with one attached hydrogen (secondary N) is 1. The van der Waals surface area contributed by atoms with E-state index >= 15 is 0 Å². The van der Waals surface area contributed by atoms with Crippen LogP contribution in [0.25, 0.3) is 0 Å². The van der Waals surface area contributed by atoms with Gasteiger partial charge in [0.1, 0.15) is 0 Å². The third-order valence-corrected chi connectivity index (χ3v) is 4.71. The summed E-state index contributed by atoms with van der Waals surface area (Å²) in [5.74, 6) is 0.794. The fourth-order valence-corrected chi connectivity index (χ4v) is 3.15. The second kappa shape index (κ2) is 6.46. The van der Waals surface area contributed by atoms with E-state index in [-0.39, 0.29) is 11.8 Å². The Morgan fingerprint density at radius 1 is 1.24 bits per heavy atom. The molecule has 1 fully saturated rings. The predicted molar refractivity (Wildman–Crippen MR) is 80.4 cm³/mol. The van der Waals surface area contributed by atoms with E-state index in [1.165, 1.54) is 12.5 Å². The normalized spacial score (nSPS) is 26.5. The zero-order valence-electron chi connectivity index (χ0n) is 12.0. The fraction of sp³-hybridized carbons (Fsp3) is 0.600. The van der Waals surface area contributed by atoms with Gasteiger partial charge in [-0.05, 0) is 36.5 Å². The molecule has 1 aromatic rings. The molecule has 6 heteroatoms. The van der Waals surface area contributed by atoms with Gasteiger partial charge in [0.2, 0.25) is 0 Å². The van der Waals surface area contributed by atoms with Crippen molar-refractivity contribution in [1.29, 1.82) is 0 Å². The highest BCUT2D eigenvalue weighted by atomic mass is 79.9. The zero-order valence-corrected chi connectivity index (χ0v) is 13.6. The van der Waals surface area contributed by atoms with Crippen LogP contribution in [0.4, 0.5) is 18.9 Å². The molecule has 1 aliphatic carbocycles. The predicted octanol–water partition coefficient (Wildman–Crippen LogP) is 5.58. The molecule has 2 nitrogen and oxygen atoms in total. The van der Waals surface area contributed by atoms with Gasteiger partial charge in [0.25, 0.3) is 0 Å². The second-order valence-electron chi connectivity index (χ2n) is 5.71. The first-order valence-electron chi connectivity index (χ1n) is 7.08. The van der Waals surface area contributed by atoms with Gasteiger partial charge in [-0.1, -0.05) is 42.6 Å². The van der Waals surface area contributed by atoms with Crippen molar-refractivity contribution >= 4 is 21.6 Å². The molecule has 0 aliphatic heterocycles. The van der Waals surface area contributed by atoms with E-state index in [4.69, 9.17) is 0 Å². The largest absolute Gasteiger partial charge is 0.573 e. The topological polar surface area (TPSA) is 21.3 Å². The maximum absolute atomic E-state index is 12.5. The van der Waals surface area contributed by atoms with E-state index < -0.39 is 6.36 Å². The standard InChI is InChI=1S/C15H19BrF3NO/c1-9-4-3-5-12(10(9)2)20-13-7-6-11(16)8-14(13)21-15(17,18)19/h6-10,12,20H,3-5H2,1-2H3. The van der Waals surface area contributed by atoms with Crippen molar-refractivity contribution in [2.45, 2.75) is 45.5 Å². The Hall–Kier alpha value is -0.910. The quantitative estimate of drug-likeness (QED) is 0.754. The summed E-state index contributed by atoms with van der Waals surface area (Å²) >= 11 is 3.18. The van der Waals surface area contributed by atoms with Gasteiger partial charge in [0.15, 0.2) is 5.75 Å². The Morgan fingerprint density at radius 3 is 2.62 bits per heavy atom. The molecule has 1 saturated carbocycles. The van der Waals surface area contributed by atoms with Crippen molar-refractivity contribution in [3.8, 4) is 5.75 Å². The first kappa shape index (κ1) is 16.5. The number of anilines is 1. The number of hydrogen-bond donors (Lipinski definition) is 1. The lowest BCUT2D eigenvalue weighted by Crippen LogP contribution is -2.35. The number of rotatable bonds is 3. The highest BCUT2D eigenvalue weighted by Crippen LogP contribution is 2.37. The number of hydrogen-bond acceptors (Lipinski definition) is 2. The smallest absolute Gasteiger partial charge is 0.404 e. The fourth-order valence-electron chi connectivity index (χ4n) is 2.81. The lowest BCUT2D eigenvalue weighted by Gasteiger charge is -2.35. The summed E-state index contributed by atoms with van der Waals surface area (Å²) < 4.78 is 42.2. The lowest BCUT2D eigenvalue weighted by atomic mass is 9.78. The molecule has 2 rings (SSSR count). The lowest BCUT2D eigenvalue weighted by molar-refractivity contribution is -0.274. The average Bonchev–Trinajstić information content (AvgIpc) is 2.36. The Bertz CT molecular complexity index is 492. The maximum atomic E-state index is 12.5. The van der Waals surface area contributed by atoms with Crippen LogP contribution in [0.5, 0.6) is 5.75 Å². The van der Waals surface area contributed by atoms with Crippen LogP contribution < -0.4 is 10.1 Å². The Labute approximate surface area is 131 Å². The summed E-state index contributed by atoms with van der Waals surface area (Å²) in [5.41, 5.74) is 0.390. The van der Waals surface area contributed by atoms with E-state index in [9.17, 15) is 13.2 Å². The van der Waals surface area contributed by atoms with E-state index in [0.29, 0.717) is 22.0 Å². The molecule has 1 N–H and O–H groups in total. The van der Waals surface area contributed by atoms with Crippen molar-refractivity contribution in [3.63, 3.8) is 0 Å². The summed E-state index contributed by atoms with van der Waals surface area (Å²) in [7, 11) is 0. The highest BCUT2D eigenvalue weighted by Gasteiger charge is 2.33. The zero-order chi connectivity index (χ0) is 15.6. The summed E-state index contributed by atoms with van der Waals surface area (Å²) in [6.07, 6.45) is -1.46. The van der Waals surface area contributed by atoms with Crippen LogP contribution in [0.2, 0.25) is 0 Å². The summed E-state index contributed by atoms with van der Waals surface area (Å²) in [4.78, 5) is 0. The van der Waals surface area contributed by atoms with E-state index in [0.717, 1.165) is 12.8 Å². The monoisotopic (exact) mass is 365 g/mol. The molecule has 0 bridgehead atoms. The van der Waals surface area contributed by atoms with E-state index in [1.807, 2.05) is 0 Å². The minimum atomic E-state index is -4.69. The van der Waals surface area contributed by atoms with Crippen molar-refractivity contribution in [1.82, 2.24) is 0 Å². The van der Waals surface area contributed by atoms with Gasteiger partial charge < -0.3 is 10.1 Å². The van der Waals surface area contributed by atoms with Gasteiger partial charge in [-0.25, -0.2) is 0 Å². The average molecular weight is 366 g/mol. The minimum absolute atomic E-state index is 0.172. The third kappa shape index (κ3) is 4.53. The molecule has 118 valence electrons. The first-order valence-corrected chi connectivity index (χ1v) is 7.87. The molecule has 0 spiro atoms. The molecule has 0 saturated heterocycles. The van der Waals surface area contributed by atoms with Crippen molar-refractivity contribution in [3.05, 3.63) is 22.7 Å². The van der Waals surface area contributed by atoms with Gasteiger partial charge in [-0.15, -0.1) is 13.2 Å². The number of halogens is 4. The van der Waals surface area contributed by atoms with Gasteiger partial charge in [-0.2, -0.15) is 0 Å². The van der Waals surface area contributed by atoms with Crippen LogP contribution >= 0.6 is 15.9 Å². The first-order chi connectivity index (χ1) is 9.76. The van der Waals surface area contributed by atoms with Crippen LogP contribution in [0.15, 0.2) is 22.7 Å². The van der Waals surface area contributed by atoms with E-state index in [1.54, 1.807) is 12.1 Å². The molecule has 0 aromatic heterocycles. The van der Waals surface area contributed by atoms with Gasteiger partial charge in [0, 0.05) is 10.5 Å². The molecule has 0 radical (unpaired) electrons. The minimum Gasteiger partial charge on any atom is -0.404 e. The van der Waals surface area contributed by atoms with Crippen molar-refractivity contribution < 1.29 is 17.9 Å². The number of benzene rings is 1. The molecule has 3 atom stereocenters. The molecule has 1 aromatic carbocycles. The van der Waals surface area contributed by atoms with Gasteiger partial charge >= 0.3 is 6.36 Å². The Morgan fingerprint density at radius 2 is 1.95 bits per heavy atom. The van der Waals surface area contributed by atoms with Crippen LogP contribution in [0.3, 0.4) is 0 Å². The van der Waals surface area contributed by atoms with Crippen LogP contribution in [0.1, 0.15) is 33.1 Å². The van der Waals surface area contributed by atoms with Crippen LogP contribution in [0, 0.1) is 11.8 Å².